The van der Waals surface area contributed by atoms with E-state index in [1.165, 1.54) is 4.68 Å². The number of unbranched alkanes of at least 4 members (excludes halogenated alkanes) is 1. The van der Waals surface area contributed by atoms with Gasteiger partial charge in [0.2, 0.25) is 5.91 Å². The third-order valence-corrected chi connectivity index (χ3v) is 5.77. The maximum atomic E-state index is 13.4. The molecule has 0 saturated carbocycles. The number of aromatic nitrogens is 2. The topological polar surface area (TPSA) is 73.2 Å². The van der Waals surface area contributed by atoms with Crippen LogP contribution in [0.15, 0.2) is 63.9 Å². The molecule has 3 aromatic rings. The molecule has 0 saturated heterocycles. The van der Waals surface area contributed by atoms with Gasteiger partial charge in [0.1, 0.15) is 11.8 Å². The average molecular weight is 498 g/mol. The molecule has 168 valence electrons. The highest BCUT2D eigenvalue weighted by Gasteiger charge is 2.24. The molecule has 1 heterocycles. The number of methoxy groups -OCH3 is 1. The molecular weight excluding hydrogens is 470 g/mol. The summed E-state index contributed by atoms with van der Waals surface area (Å²) in [6, 6.07) is 16.1. The minimum absolute atomic E-state index is 0.246. The van der Waals surface area contributed by atoms with Gasteiger partial charge in [-0.15, -0.1) is 0 Å². The molecule has 32 heavy (non-hydrogen) atoms. The van der Waals surface area contributed by atoms with Crippen LogP contribution in [0.3, 0.4) is 0 Å². The lowest BCUT2D eigenvalue weighted by atomic mass is 10.0. The fourth-order valence-corrected chi connectivity index (χ4v) is 3.88. The molecule has 0 spiro atoms. The molecule has 1 atom stereocenters. The Bertz CT molecular complexity index is 1130. The summed E-state index contributed by atoms with van der Waals surface area (Å²) >= 11 is 3.40. The number of anilines is 1. The van der Waals surface area contributed by atoms with Crippen LogP contribution in [-0.2, 0) is 11.2 Å². The second-order valence-electron chi connectivity index (χ2n) is 7.70. The Kier molecular flexibility index (Phi) is 8.22. The predicted octanol–water partition coefficient (Wildman–Crippen LogP) is 5.28. The maximum Gasteiger partial charge on any atom is 0.271 e. The molecule has 2 aromatic carbocycles. The van der Waals surface area contributed by atoms with Crippen LogP contribution in [0.4, 0.5) is 5.69 Å². The van der Waals surface area contributed by atoms with Crippen molar-refractivity contribution in [1.29, 1.82) is 0 Å². The molecule has 0 bridgehead atoms. The monoisotopic (exact) mass is 497 g/mol. The van der Waals surface area contributed by atoms with Gasteiger partial charge in [-0.1, -0.05) is 53.9 Å². The van der Waals surface area contributed by atoms with Gasteiger partial charge in [-0.2, -0.15) is 5.10 Å². The molecule has 0 fully saturated rings. The highest BCUT2D eigenvalue weighted by Crippen LogP contribution is 2.22. The van der Waals surface area contributed by atoms with Gasteiger partial charge in [0.15, 0.2) is 0 Å². The summed E-state index contributed by atoms with van der Waals surface area (Å²) < 4.78 is 7.72. The van der Waals surface area contributed by atoms with Crippen LogP contribution >= 0.6 is 15.9 Å². The Morgan fingerprint density at radius 1 is 1.16 bits per heavy atom. The Morgan fingerprint density at radius 3 is 2.56 bits per heavy atom. The van der Waals surface area contributed by atoms with Gasteiger partial charge >= 0.3 is 0 Å². The molecule has 0 radical (unpaired) electrons. The molecule has 7 heteroatoms. The number of rotatable bonds is 9. The van der Waals surface area contributed by atoms with Crippen LogP contribution in [-0.4, -0.2) is 22.8 Å². The molecular formula is C25H28BrN3O3. The van der Waals surface area contributed by atoms with Gasteiger partial charge in [0, 0.05) is 22.1 Å². The minimum atomic E-state index is -0.692. The van der Waals surface area contributed by atoms with Crippen molar-refractivity contribution in [2.24, 2.45) is 0 Å². The second kappa shape index (κ2) is 11.1. The van der Waals surface area contributed by atoms with Gasteiger partial charge in [0.05, 0.1) is 12.8 Å². The van der Waals surface area contributed by atoms with Crippen molar-refractivity contribution in [2.45, 2.75) is 45.6 Å². The lowest BCUT2D eigenvalue weighted by Gasteiger charge is -2.20. The van der Waals surface area contributed by atoms with E-state index in [1.807, 2.05) is 55.5 Å². The summed E-state index contributed by atoms with van der Waals surface area (Å²) in [6.45, 7) is 3.90. The number of ether oxygens (including phenoxy) is 1. The zero-order valence-electron chi connectivity index (χ0n) is 18.6. The number of amides is 1. The zero-order valence-corrected chi connectivity index (χ0v) is 20.2. The third-order valence-electron chi connectivity index (χ3n) is 5.25. The molecule has 1 N–H and O–H groups in total. The van der Waals surface area contributed by atoms with E-state index in [4.69, 9.17) is 4.74 Å². The number of nitrogens with one attached hydrogen (secondary N) is 1. The summed E-state index contributed by atoms with van der Waals surface area (Å²) in [5.74, 6) is 0.479. The van der Waals surface area contributed by atoms with Gasteiger partial charge in [-0.25, -0.2) is 4.68 Å². The van der Waals surface area contributed by atoms with Crippen molar-refractivity contribution in [1.82, 2.24) is 9.78 Å². The molecule has 3 rings (SSSR count). The Morgan fingerprint density at radius 2 is 1.88 bits per heavy atom. The van der Waals surface area contributed by atoms with Gasteiger partial charge in [-0.05, 0) is 55.3 Å². The van der Waals surface area contributed by atoms with Crippen LogP contribution in [0.1, 0.15) is 49.0 Å². The van der Waals surface area contributed by atoms with Crippen LogP contribution in [0.5, 0.6) is 5.75 Å². The predicted molar refractivity (Wildman–Crippen MR) is 130 cm³/mol. The van der Waals surface area contributed by atoms with E-state index in [0.717, 1.165) is 28.6 Å². The van der Waals surface area contributed by atoms with Crippen molar-refractivity contribution in [3.63, 3.8) is 0 Å². The van der Waals surface area contributed by atoms with Crippen LogP contribution in [0.25, 0.3) is 0 Å². The quantitative estimate of drug-likeness (QED) is 0.436. The number of nitrogens with zero attached hydrogens (tertiary/aromatic N) is 2. The first-order valence-electron chi connectivity index (χ1n) is 10.7. The number of carbonyl (C=O) groups excluding carboxylic acids is 1. The highest BCUT2D eigenvalue weighted by atomic mass is 79.9. The number of hydrogen-bond acceptors (Lipinski definition) is 4. The van der Waals surface area contributed by atoms with E-state index in [2.05, 4.69) is 33.3 Å². The van der Waals surface area contributed by atoms with Crippen LogP contribution in [0.2, 0.25) is 0 Å². The average Bonchev–Trinajstić information content (AvgIpc) is 2.78. The molecule has 1 aromatic heterocycles. The van der Waals surface area contributed by atoms with Crippen molar-refractivity contribution < 1.29 is 9.53 Å². The number of halogens is 1. The number of aryl methyl sites for hydroxylation is 1. The molecule has 0 aliphatic carbocycles. The van der Waals surface area contributed by atoms with Crippen molar-refractivity contribution in [3.05, 3.63) is 86.2 Å². The zero-order chi connectivity index (χ0) is 23.1. The first-order valence-corrected chi connectivity index (χ1v) is 11.5. The largest absolute Gasteiger partial charge is 0.496 e. The van der Waals surface area contributed by atoms with Crippen LogP contribution in [0, 0.1) is 6.92 Å². The molecule has 6 nitrogen and oxygen atoms in total. The Hall–Kier alpha value is -2.93. The van der Waals surface area contributed by atoms with Gasteiger partial charge < -0.3 is 10.1 Å². The molecule has 1 amide bonds. The summed E-state index contributed by atoms with van der Waals surface area (Å²) in [7, 11) is 1.61. The number of carbonyl (C=O) groups is 1. The number of hydrogen-bond donors (Lipinski definition) is 1. The SMILES string of the molecule is CCCCC(C(=O)Nc1ccc(Br)cc1)n1nc(C)cc(Cc2ccccc2OC)c1=O. The molecule has 0 aliphatic heterocycles. The van der Waals surface area contributed by atoms with E-state index in [0.29, 0.717) is 29.8 Å². The van der Waals surface area contributed by atoms with Crippen molar-refractivity contribution in [3.8, 4) is 5.75 Å². The van der Waals surface area contributed by atoms with E-state index in [1.54, 1.807) is 13.2 Å². The first-order chi connectivity index (χ1) is 15.4. The number of para-hydroxylation sites is 1. The summed E-state index contributed by atoms with van der Waals surface area (Å²) in [4.78, 5) is 26.6. The smallest absolute Gasteiger partial charge is 0.271 e. The van der Waals surface area contributed by atoms with E-state index < -0.39 is 6.04 Å². The fraction of sp³-hybridized carbons (Fsp3) is 0.320. The highest BCUT2D eigenvalue weighted by molar-refractivity contribution is 9.10. The Labute approximate surface area is 196 Å². The lowest BCUT2D eigenvalue weighted by molar-refractivity contribution is -0.119. The number of benzene rings is 2. The summed E-state index contributed by atoms with van der Waals surface area (Å²) in [6.07, 6.45) is 2.66. The maximum absolute atomic E-state index is 13.4. The standard InChI is InChI=1S/C25H28BrN3O3/c1-4-5-9-22(24(30)27-21-13-11-20(26)12-14-21)29-25(31)19(15-17(2)28-29)16-18-8-6-7-10-23(18)32-3/h6-8,10-15,22H,4-5,9,16H2,1-3H3,(H,27,30). The third kappa shape index (κ3) is 5.85. The van der Waals surface area contributed by atoms with E-state index in [-0.39, 0.29) is 11.5 Å². The van der Waals surface area contributed by atoms with Gasteiger partial charge in [0.25, 0.3) is 5.56 Å². The lowest BCUT2D eigenvalue weighted by Crippen LogP contribution is -2.37. The van der Waals surface area contributed by atoms with Crippen LogP contribution < -0.4 is 15.6 Å². The molecule has 0 aliphatic rings. The first kappa shape index (κ1) is 23.7. The van der Waals surface area contributed by atoms with Crippen molar-refractivity contribution in [2.75, 3.05) is 12.4 Å². The van der Waals surface area contributed by atoms with Crippen molar-refractivity contribution >= 4 is 27.5 Å². The normalized spacial score (nSPS) is 11.8. The Balaban J connectivity index is 1.96. The summed E-state index contributed by atoms with van der Waals surface area (Å²) in [5, 5.41) is 7.38. The second-order valence-corrected chi connectivity index (χ2v) is 8.62. The van der Waals surface area contributed by atoms with E-state index in [9.17, 15) is 9.59 Å². The minimum Gasteiger partial charge on any atom is -0.496 e. The van der Waals surface area contributed by atoms with E-state index >= 15 is 0 Å². The molecule has 1 unspecified atom stereocenters. The van der Waals surface area contributed by atoms with Gasteiger partial charge in [-0.3, -0.25) is 9.59 Å². The summed E-state index contributed by atoms with van der Waals surface area (Å²) in [5.41, 5.74) is 2.60. The fourth-order valence-electron chi connectivity index (χ4n) is 3.62.